The third-order valence-corrected chi connectivity index (χ3v) is 3.81. The number of rotatable bonds is 7. The van der Waals surface area contributed by atoms with Gasteiger partial charge in [-0.05, 0) is 44.8 Å². The smallest absolute Gasteiger partial charge is 0.122 e. The fraction of sp³-hybridized carbons (Fsp3) is 0.667. The summed E-state index contributed by atoms with van der Waals surface area (Å²) in [6, 6.07) is 4.73. The highest BCUT2D eigenvalue weighted by Gasteiger charge is 2.20. The summed E-state index contributed by atoms with van der Waals surface area (Å²) in [6.45, 7) is 5.14. The van der Waals surface area contributed by atoms with E-state index in [-0.39, 0.29) is 0 Å². The zero-order valence-corrected chi connectivity index (χ0v) is 11.5. The predicted molar refractivity (Wildman–Crippen MR) is 75.3 cm³/mol. The van der Waals surface area contributed by atoms with Crippen molar-refractivity contribution < 1.29 is 4.74 Å². The molecule has 0 amide bonds. The van der Waals surface area contributed by atoms with Gasteiger partial charge in [-0.3, -0.25) is 9.88 Å². The number of nitrogens with one attached hydrogen (secondary N) is 1. The Hall–Kier alpha value is -1.13. The molecule has 4 nitrogen and oxygen atoms in total. The van der Waals surface area contributed by atoms with Gasteiger partial charge in [-0.25, -0.2) is 0 Å². The van der Waals surface area contributed by atoms with Gasteiger partial charge in [-0.1, -0.05) is 0 Å². The van der Waals surface area contributed by atoms with Crippen LogP contribution in [-0.2, 0) is 6.54 Å². The second-order valence-corrected chi connectivity index (χ2v) is 5.54. The second kappa shape index (κ2) is 6.35. The monoisotopic (exact) mass is 261 g/mol. The van der Waals surface area contributed by atoms with E-state index in [4.69, 9.17) is 4.74 Å². The summed E-state index contributed by atoms with van der Waals surface area (Å²) in [5, 5.41) is 3.47. The molecule has 1 aliphatic carbocycles. The van der Waals surface area contributed by atoms with Crippen molar-refractivity contribution in [2.24, 2.45) is 0 Å². The first-order valence-electron chi connectivity index (χ1n) is 7.43. The van der Waals surface area contributed by atoms with Crippen LogP contribution in [0, 0.1) is 0 Å². The molecule has 0 radical (unpaired) electrons. The molecule has 1 aliphatic heterocycles. The lowest BCUT2D eigenvalue weighted by Crippen LogP contribution is -2.25. The van der Waals surface area contributed by atoms with Gasteiger partial charge in [0.2, 0.25) is 0 Å². The first-order chi connectivity index (χ1) is 9.40. The summed E-state index contributed by atoms with van der Waals surface area (Å²) in [7, 11) is 0. The van der Waals surface area contributed by atoms with E-state index < -0.39 is 0 Å². The molecule has 0 aromatic carbocycles. The quantitative estimate of drug-likeness (QED) is 0.812. The summed E-state index contributed by atoms with van der Waals surface area (Å²) in [6.07, 6.45) is 7.14. The molecule has 0 bridgehead atoms. The van der Waals surface area contributed by atoms with Crippen LogP contribution in [0.2, 0.25) is 0 Å². The van der Waals surface area contributed by atoms with Crippen LogP contribution in [0.5, 0.6) is 5.75 Å². The molecule has 2 fully saturated rings. The molecular weight excluding hydrogens is 238 g/mol. The lowest BCUT2D eigenvalue weighted by Gasteiger charge is -2.15. The van der Waals surface area contributed by atoms with Gasteiger partial charge in [0.25, 0.3) is 0 Å². The molecular formula is C15H23N3O. The summed E-state index contributed by atoms with van der Waals surface area (Å²) in [5.41, 5.74) is 1.07. The summed E-state index contributed by atoms with van der Waals surface area (Å²) < 4.78 is 5.82. The number of likely N-dealkylation sites (tertiary alicyclic amines) is 1. The molecule has 19 heavy (non-hydrogen) atoms. The molecule has 0 unspecified atom stereocenters. The van der Waals surface area contributed by atoms with Crippen LogP contribution in [0.15, 0.2) is 18.3 Å². The molecule has 0 atom stereocenters. The Bertz CT molecular complexity index is 400. The van der Waals surface area contributed by atoms with Crippen molar-refractivity contribution in [2.45, 2.75) is 38.3 Å². The lowest BCUT2D eigenvalue weighted by molar-refractivity contribution is 0.237. The van der Waals surface area contributed by atoms with Gasteiger partial charge in [0, 0.05) is 31.4 Å². The van der Waals surface area contributed by atoms with Gasteiger partial charge in [-0.2, -0.15) is 0 Å². The number of hydrogen-bond donors (Lipinski definition) is 1. The van der Waals surface area contributed by atoms with Gasteiger partial charge in [0.15, 0.2) is 0 Å². The van der Waals surface area contributed by atoms with Crippen molar-refractivity contribution in [2.75, 3.05) is 26.2 Å². The summed E-state index contributed by atoms with van der Waals surface area (Å²) in [4.78, 5) is 6.84. The van der Waals surface area contributed by atoms with Crippen LogP contribution in [0.4, 0.5) is 0 Å². The van der Waals surface area contributed by atoms with Gasteiger partial charge in [0.1, 0.15) is 12.4 Å². The lowest BCUT2D eigenvalue weighted by atomic mass is 10.3. The fourth-order valence-electron chi connectivity index (χ4n) is 2.48. The maximum absolute atomic E-state index is 5.82. The topological polar surface area (TPSA) is 37.4 Å². The number of hydrogen-bond acceptors (Lipinski definition) is 4. The van der Waals surface area contributed by atoms with Crippen molar-refractivity contribution in [3.05, 3.63) is 24.0 Å². The van der Waals surface area contributed by atoms with Crippen molar-refractivity contribution in [3.8, 4) is 5.75 Å². The van der Waals surface area contributed by atoms with Crippen molar-refractivity contribution in [3.63, 3.8) is 0 Å². The molecule has 1 aromatic rings. The fourth-order valence-corrected chi connectivity index (χ4v) is 2.48. The summed E-state index contributed by atoms with van der Waals surface area (Å²) in [5.74, 6) is 0.946. The van der Waals surface area contributed by atoms with Crippen LogP contribution in [-0.4, -0.2) is 42.2 Å². The first-order valence-corrected chi connectivity index (χ1v) is 7.43. The first kappa shape index (κ1) is 12.9. The van der Waals surface area contributed by atoms with E-state index in [1.165, 1.54) is 38.8 Å². The van der Waals surface area contributed by atoms with E-state index in [2.05, 4.69) is 21.3 Å². The molecule has 1 N–H and O–H groups in total. The highest BCUT2D eigenvalue weighted by molar-refractivity contribution is 5.22. The minimum Gasteiger partial charge on any atom is -0.492 e. The maximum Gasteiger partial charge on any atom is 0.122 e. The number of pyridine rings is 1. The van der Waals surface area contributed by atoms with Crippen molar-refractivity contribution in [1.29, 1.82) is 0 Å². The van der Waals surface area contributed by atoms with E-state index >= 15 is 0 Å². The molecule has 2 aliphatic rings. The Morgan fingerprint density at radius 3 is 2.95 bits per heavy atom. The molecule has 1 saturated heterocycles. The molecule has 2 heterocycles. The Morgan fingerprint density at radius 2 is 2.16 bits per heavy atom. The van der Waals surface area contributed by atoms with Gasteiger partial charge < -0.3 is 10.1 Å². The Balaban J connectivity index is 1.42. The van der Waals surface area contributed by atoms with E-state index in [1.807, 2.05) is 12.3 Å². The van der Waals surface area contributed by atoms with E-state index in [0.29, 0.717) is 0 Å². The maximum atomic E-state index is 5.82. The third kappa shape index (κ3) is 4.18. The molecule has 0 spiro atoms. The number of aromatic nitrogens is 1. The van der Waals surface area contributed by atoms with Crippen LogP contribution in [0.3, 0.4) is 0 Å². The van der Waals surface area contributed by atoms with Crippen molar-refractivity contribution in [1.82, 2.24) is 15.2 Å². The normalized spacial score (nSPS) is 19.8. The SMILES string of the molecule is c1cc(OCCN2CCCC2)cc(CNC2CC2)n1. The minimum absolute atomic E-state index is 0.724. The standard InChI is InChI=1S/C15H23N3O/c1-2-8-18(7-1)9-10-19-15-5-6-16-14(11-15)12-17-13-3-4-13/h5-6,11,13,17H,1-4,7-10,12H2. The zero-order valence-electron chi connectivity index (χ0n) is 11.5. The number of ether oxygens (including phenoxy) is 1. The Labute approximate surface area is 115 Å². The van der Waals surface area contributed by atoms with E-state index in [1.54, 1.807) is 0 Å². The zero-order chi connectivity index (χ0) is 12.9. The van der Waals surface area contributed by atoms with E-state index in [9.17, 15) is 0 Å². The third-order valence-electron chi connectivity index (χ3n) is 3.81. The van der Waals surface area contributed by atoms with Gasteiger partial charge >= 0.3 is 0 Å². The Morgan fingerprint density at radius 1 is 1.32 bits per heavy atom. The number of nitrogens with zero attached hydrogens (tertiary/aromatic N) is 2. The molecule has 3 rings (SSSR count). The molecule has 1 saturated carbocycles. The molecule has 1 aromatic heterocycles. The highest BCUT2D eigenvalue weighted by atomic mass is 16.5. The van der Waals surface area contributed by atoms with Gasteiger partial charge in [0.05, 0.1) is 5.69 Å². The average molecular weight is 261 g/mol. The summed E-state index contributed by atoms with van der Waals surface area (Å²) >= 11 is 0. The van der Waals surface area contributed by atoms with Crippen LogP contribution < -0.4 is 10.1 Å². The van der Waals surface area contributed by atoms with Crippen LogP contribution >= 0.6 is 0 Å². The molecule has 4 heteroatoms. The average Bonchev–Trinajstić information content (AvgIpc) is 3.13. The Kier molecular flexibility index (Phi) is 4.30. The van der Waals surface area contributed by atoms with Crippen molar-refractivity contribution >= 4 is 0 Å². The predicted octanol–water partition coefficient (Wildman–Crippen LogP) is 1.81. The minimum atomic E-state index is 0.724. The van der Waals surface area contributed by atoms with Crippen LogP contribution in [0.1, 0.15) is 31.4 Å². The van der Waals surface area contributed by atoms with E-state index in [0.717, 1.165) is 37.2 Å². The molecule has 104 valence electrons. The van der Waals surface area contributed by atoms with Gasteiger partial charge in [-0.15, -0.1) is 0 Å². The second-order valence-electron chi connectivity index (χ2n) is 5.54. The largest absolute Gasteiger partial charge is 0.492 e. The highest BCUT2D eigenvalue weighted by Crippen LogP contribution is 2.19. The van der Waals surface area contributed by atoms with Crippen LogP contribution in [0.25, 0.3) is 0 Å².